The van der Waals surface area contributed by atoms with Gasteiger partial charge in [-0.1, -0.05) is 24.0 Å². The van der Waals surface area contributed by atoms with Gasteiger partial charge in [0.2, 0.25) is 0 Å². The second kappa shape index (κ2) is 9.01. The molecule has 4 rings (SSSR count). The summed E-state index contributed by atoms with van der Waals surface area (Å²) in [6, 6.07) is 7.98. The van der Waals surface area contributed by atoms with Crippen LogP contribution in [-0.4, -0.2) is 35.6 Å². The fraction of sp³-hybridized carbons (Fsp3) is 0.300. The van der Waals surface area contributed by atoms with Crippen molar-refractivity contribution in [1.82, 2.24) is 20.2 Å². The molecule has 1 saturated carbocycles. The van der Waals surface area contributed by atoms with E-state index < -0.39 is 27.8 Å². The Bertz CT molecular complexity index is 1180. The van der Waals surface area contributed by atoms with Gasteiger partial charge in [-0.15, -0.1) is 0 Å². The predicted octanol–water partition coefficient (Wildman–Crippen LogP) is 3.33. The average Bonchev–Trinajstić information content (AvgIpc) is 3.46. The summed E-state index contributed by atoms with van der Waals surface area (Å²) in [6.07, 6.45) is 4.23. The van der Waals surface area contributed by atoms with E-state index in [1.165, 1.54) is 29.9 Å². The van der Waals surface area contributed by atoms with Crippen molar-refractivity contribution in [2.75, 3.05) is 5.32 Å². The molecule has 1 amide bonds. The first-order valence-electron chi connectivity index (χ1n) is 9.88. The number of rotatable bonds is 6. The van der Waals surface area contributed by atoms with Crippen LogP contribution in [0.15, 0.2) is 46.5 Å². The van der Waals surface area contributed by atoms with E-state index in [1.54, 1.807) is 6.07 Å². The normalized spacial score (nSPS) is 15.0. The van der Waals surface area contributed by atoms with E-state index in [0.717, 1.165) is 43.4 Å². The molecule has 0 radical (unpaired) electrons. The van der Waals surface area contributed by atoms with Crippen LogP contribution in [0.2, 0.25) is 0 Å². The molecule has 0 spiro atoms. The molecule has 1 aromatic heterocycles. The molecular formula is C20H19FN6O4S. The van der Waals surface area contributed by atoms with Crippen LogP contribution in [0.3, 0.4) is 0 Å². The van der Waals surface area contributed by atoms with Gasteiger partial charge in [-0.3, -0.25) is 14.9 Å². The zero-order valence-electron chi connectivity index (χ0n) is 17.0. The summed E-state index contributed by atoms with van der Waals surface area (Å²) in [5.41, 5.74) is 0.203. The Kier molecular flexibility index (Phi) is 6.15. The van der Waals surface area contributed by atoms with Crippen molar-refractivity contribution in [2.45, 2.75) is 41.7 Å². The number of benzene rings is 2. The third kappa shape index (κ3) is 4.32. The SMILES string of the molecule is Cn1nnnc1[S+]([O-])c1ccc([N+](=O)[O-])cc1C(=O)Nc1ccc(C2CCCC2)cc1F. The summed E-state index contributed by atoms with van der Waals surface area (Å²) in [6.45, 7) is 0. The average molecular weight is 458 g/mol. The van der Waals surface area contributed by atoms with Gasteiger partial charge in [0.25, 0.3) is 11.6 Å². The molecule has 0 bridgehead atoms. The summed E-state index contributed by atoms with van der Waals surface area (Å²) in [4.78, 5) is 23.5. The van der Waals surface area contributed by atoms with Crippen LogP contribution < -0.4 is 5.32 Å². The fourth-order valence-electron chi connectivity index (χ4n) is 3.78. The number of nitro benzene ring substituents is 1. The van der Waals surface area contributed by atoms with Crippen LogP contribution in [0.1, 0.15) is 47.5 Å². The second-order valence-corrected chi connectivity index (χ2v) is 8.81. The molecule has 32 heavy (non-hydrogen) atoms. The molecule has 1 fully saturated rings. The van der Waals surface area contributed by atoms with Crippen molar-refractivity contribution >= 4 is 28.5 Å². The maximum Gasteiger partial charge on any atom is 0.366 e. The van der Waals surface area contributed by atoms with E-state index in [1.807, 2.05) is 0 Å². The Labute approximate surface area is 185 Å². The lowest BCUT2D eigenvalue weighted by Crippen LogP contribution is -2.19. The maximum absolute atomic E-state index is 14.7. The molecule has 12 heteroatoms. The van der Waals surface area contributed by atoms with E-state index in [-0.39, 0.29) is 27.0 Å². The maximum atomic E-state index is 14.7. The first-order chi connectivity index (χ1) is 15.3. The number of anilines is 1. The number of carbonyl (C=O) groups is 1. The van der Waals surface area contributed by atoms with Crippen LogP contribution in [0.25, 0.3) is 0 Å². The molecule has 1 heterocycles. The molecule has 0 aliphatic heterocycles. The van der Waals surface area contributed by atoms with Gasteiger partial charge < -0.3 is 9.87 Å². The summed E-state index contributed by atoms with van der Waals surface area (Å²) < 4.78 is 28.8. The highest BCUT2D eigenvalue weighted by Gasteiger charge is 2.30. The van der Waals surface area contributed by atoms with Crippen LogP contribution >= 0.6 is 0 Å². The summed E-state index contributed by atoms with van der Waals surface area (Å²) in [5.74, 6) is -1.13. The molecule has 166 valence electrons. The molecule has 1 atom stereocenters. The molecule has 2 aromatic carbocycles. The molecule has 0 saturated heterocycles. The van der Waals surface area contributed by atoms with Crippen molar-refractivity contribution in [3.63, 3.8) is 0 Å². The number of non-ortho nitro benzene ring substituents is 1. The van der Waals surface area contributed by atoms with Gasteiger partial charge >= 0.3 is 5.16 Å². The minimum Gasteiger partial charge on any atom is -0.604 e. The summed E-state index contributed by atoms with van der Waals surface area (Å²) in [5, 5.41) is 24.3. The number of tetrazole rings is 1. The lowest BCUT2D eigenvalue weighted by Gasteiger charge is -2.14. The third-order valence-electron chi connectivity index (χ3n) is 5.43. The number of hydrogen-bond acceptors (Lipinski definition) is 7. The monoisotopic (exact) mass is 458 g/mol. The van der Waals surface area contributed by atoms with Crippen LogP contribution in [0.5, 0.6) is 0 Å². The number of aryl methyl sites for hydroxylation is 1. The highest BCUT2D eigenvalue weighted by molar-refractivity contribution is 7.91. The number of nitro groups is 1. The third-order valence-corrected chi connectivity index (χ3v) is 6.87. The Morgan fingerprint density at radius 2 is 2.00 bits per heavy atom. The molecule has 1 aliphatic rings. The van der Waals surface area contributed by atoms with Gasteiger partial charge in [0.15, 0.2) is 4.90 Å². The molecule has 3 aromatic rings. The minimum absolute atomic E-state index is 0.0333. The Morgan fingerprint density at radius 3 is 2.62 bits per heavy atom. The van der Waals surface area contributed by atoms with Gasteiger partial charge in [-0.05, 0) is 46.9 Å². The Balaban J connectivity index is 1.65. The molecular weight excluding hydrogens is 439 g/mol. The lowest BCUT2D eigenvalue weighted by molar-refractivity contribution is -0.384. The number of nitrogens with one attached hydrogen (secondary N) is 1. The van der Waals surface area contributed by atoms with E-state index >= 15 is 0 Å². The van der Waals surface area contributed by atoms with Gasteiger partial charge in [0.05, 0.1) is 21.8 Å². The van der Waals surface area contributed by atoms with Gasteiger partial charge in [-0.2, -0.15) is 4.68 Å². The minimum atomic E-state index is -2.00. The Hall–Kier alpha value is -3.38. The number of halogens is 1. The van der Waals surface area contributed by atoms with Gasteiger partial charge in [0, 0.05) is 25.2 Å². The number of hydrogen-bond donors (Lipinski definition) is 1. The zero-order valence-corrected chi connectivity index (χ0v) is 17.8. The zero-order chi connectivity index (χ0) is 22.8. The highest BCUT2D eigenvalue weighted by Crippen LogP contribution is 2.35. The lowest BCUT2D eigenvalue weighted by atomic mass is 9.97. The topological polar surface area (TPSA) is 139 Å². The first-order valence-corrected chi connectivity index (χ1v) is 11.0. The van der Waals surface area contributed by atoms with Crippen LogP contribution in [-0.2, 0) is 18.2 Å². The van der Waals surface area contributed by atoms with E-state index in [0.29, 0.717) is 5.92 Å². The number of carbonyl (C=O) groups excluding carboxylic acids is 1. The largest absolute Gasteiger partial charge is 0.604 e. The van der Waals surface area contributed by atoms with Gasteiger partial charge in [-0.25, -0.2) is 4.39 Å². The molecule has 10 nitrogen and oxygen atoms in total. The van der Waals surface area contributed by atoms with Crippen molar-refractivity contribution in [2.24, 2.45) is 7.05 Å². The van der Waals surface area contributed by atoms with E-state index in [9.17, 15) is 23.9 Å². The molecule has 1 aliphatic carbocycles. The first kappa shape index (κ1) is 21.8. The van der Waals surface area contributed by atoms with Gasteiger partial charge in [0.1, 0.15) is 11.4 Å². The quantitative estimate of drug-likeness (QED) is 0.339. The van der Waals surface area contributed by atoms with Crippen molar-refractivity contribution < 1.29 is 18.7 Å². The van der Waals surface area contributed by atoms with E-state index in [2.05, 4.69) is 20.8 Å². The smallest absolute Gasteiger partial charge is 0.366 e. The van der Waals surface area contributed by atoms with Crippen molar-refractivity contribution in [3.05, 3.63) is 63.5 Å². The van der Waals surface area contributed by atoms with Crippen LogP contribution in [0, 0.1) is 15.9 Å². The number of nitrogens with zero attached hydrogens (tertiary/aromatic N) is 5. The fourth-order valence-corrected chi connectivity index (χ4v) is 4.91. The predicted molar refractivity (Wildman–Crippen MR) is 112 cm³/mol. The number of aromatic nitrogens is 4. The molecule has 1 unspecified atom stereocenters. The second-order valence-electron chi connectivity index (χ2n) is 7.47. The Morgan fingerprint density at radius 1 is 1.25 bits per heavy atom. The van der Waals surface area contributed by atoms with Crippen LogP contribution in [0.4, 0.5) is 15.8 Å². The van der Waals surface area contributed by atoms with Crippen molar-refractivity contribution in [1.29, 1.82) is 0 Å². The van der Waals surface area contributed by atoms with E-state index in [4.69, 9.17) is 0 Å². The molecule has 1 N–H and O–H groups in total. The number of amides is 1. The highest BCUT2D eigenvalue weighted by atomic mass is 32.2. The summed E-state index contributed by atoms with van der Waals surface area (Å²) in [7, 11) is 1.47. The summed E-state index contributed by atoms with van der Waals surface area (Å²) >= 11 is -2.00. The standard InChI is InChI=1S/C20H19FN6O4S/c1-26-20(23-24-25-26)32(31)18-9-7-14(27(29)30)11-15(18)19(28)22-17-8-6-13(10-16(17)21)12-4-2-3-5-12/h6-12H,2-5H2,1H3,(H,22,28). The van der Waals surface area contributed by atoms with Crippen molar-refractivity contribution in [3.8, 4) is 0 Å².